The van der Waals surface area contributed by atoms with Crippen molar-refractivity contribution in [2.45, 2.75) is 43.5 Å². The van der Waals surface area contributed by atoms with Gasteiger partial charge in [-0.2, -0.15) is 9.50 Å². The van der Waals surface area contributed by atoms with Crippen LogP contribution in [0.3, 0.4) is 0 Å². The van der Waals surface area contributed by atoms with E-state index in [4.69, 9.17) is 5.10 Å². The number of aryl methyl sites for hydroxylation is 2. The topological polar surface area (TPSA) is 60.2 Å². The molecule has 6 heteroatoms. The molecule has 30 heavy (non-hydrogen) atoms. The molecule has 2 heterocycles. The fraction of sp³-hybridized carbons (Fsp3) is 0.250. The van der Waals surface area contributed by atoms with Gasteiger partial charge in [0, 0.05) is 18.4 Å². The maximum absolute atomic E-state index is 12.8. The fourth-order valence-corrected chi connectivity index (χ4v) is 4.87. The Kier molecular flexibility index (Phi) is 4.87. The third-order valence-corrected chi connectivity index (χ3v) is 6.67. The lowest BCUT2D eigenvalue weighted by atomic mass is 9.82. The SMILES string of the molecule is Cc1ccc(C2CC(=O)c3cnc4nc(SCc5ccccc5C)nn4c3C2)cc1. The molecule has 0 spiro atoms. The van der Waals surface area contributed by atoms with E-state index in [0.717, 1.165) is 17.9 Å². The van der Waals surface area contributed by atoms with Crippen molar-refractivity contribution in [3.63, 3.8) is 0 Å². The van der Waals surface area contributed by atoms with E-state index in [1.54, 1.807) is 22.5 Å². The Bertz CT molecular complexity index is 1250. The van der Waals surface area contributed by atoms with Crippen LogP contribution in [-0.4, -0.2) is 25.4 Å². The molecule has 0 fully saturated rings. The minimum atomic E-state index is 0.126. The van der Waals surface area contributed by atoms with E-state index in [9.17, 15) is 4.79 Å². The zero-order valence-electron chi connectivity index (χ0n) is 17.0. The van der Waals surface area contributed by atoms with E-state index < -0.39 is 0 Å². The Balaban J connectivity index is 1.46. The molecule has 0 saturated carbocycles. The minimum Gasteiger partial charge on any atom is -0.294 e. The van der Waals surface area contributed by atoms with Crippen LogP contribution in [0.2, 0.25) is 0 Å². The Morgan fingerprint density at radius 3 is 2.67 bits per heavy atom. The van der Waals surface area contributed by atoms with Crippen molar-refractivity contribution in [3.05, 3.63) is 88.2 Å². The van der Waals surface area contributed by atoms with Crippen LogP contribution in [0.15, 0.2) is 59.9 Å². The van der Waals surface area contributed by atoms with Crippen LogP contribution < -0.4 is 0 Å². The van der Waals surface area contributed by atoms with Crippen molar-refractivity contribution < 1.29 is 4.79 Å². The van der Waals surface area contributed by atoms with Crippen molar-refractivity contribution in [2.24, 2.45) is 0 Å². The first-order valence-corrected chi connectivity index (χ1v) is 11.1. The predicted molar refractivity (Wildman–Crippen MR) is 118 cm³/mol. The van der Waals surface area contributed by atoms with Crippen LogP contribution in [0, 0.1) is 13.8 Å². The van der Waals surface area contributed by atoms with Gasteiger partial charge >= 0.3 is 0 Å². The minimum absolute atomic E-state index is 0.126. The Morgan fingerprint density at radius 1 is 1.07 bits per heavy atom. The maximum Gasteiger partial charge on any atom is 0.253 e. The molecular formula is C24H22N4OS. The molecule has 0 amide bonds. The van der Waals surface area contributed by atoms with E-state index in [0.29, 0.717) is 22.9 Å². The van der Waals surface area contributed by atoms with Crippen LogP contribution in [0.1, 0.15) is 50.6 Å². The van der Waals surface area contributed by atoms with Crippen LogP contribution in [0.5, 0.6) is 0 Å². The molecule has 150 valence electrons. The van der Waals surface area contributed by atoms with Gasteiger partial charge in [0.15, 0.2) is 5.78 Å². The lowest BCUT2D eigenvalue weighted by Crippen LogP contribution is -2.22. The molecule has 1 aliphatic rings. The Labute approximate surface area is 179 Å². The number of carbonyl (C=O) groups is 1. The summed E-state index contributed by atoms with van der Waals surface area (Å²) in [5.74, 6) is 1.64. The average molecular weight is 415 g/mol. The van der Waals surface area contributed by atoms with Gasteiger partial charge in [0.05, 0.1) is 11.3 Å². The highest BCUT2D eigenvalue weighted by Gasteiger charge is 2.29. The number of ketones is 1. The van der Waals surface area contributed by atoms with Crippen molar-refractivity contribution >= 4 is 23.3 Å². The molecule has 4 aromatic rings. The summed E-state index contributed by atoms with van der Waals surface area (Å²) in [7, 11) is 0. The Hall–Kier alpha value is -2.99. The summed E-state index contributed by atoms with van der Waals surface area (Å²) in [5.41, 5.74) is 6.53. The molecule has 2 aromatic heterocycles. The summed E-state index contributed by atoms with van der Waals surface area (Å²) >= 11 is 1.60. The molecular weight excluding hydrogens is 392 g/mol. The number of rotatable bonds is 4. The molecule has 5 rings (SSSR count). The van der Waals surface area contributed by atoms with Gasteiger partial charge in [-0.3, -0.25) is 4.79 Å². The molecule has 1 aliphatic carbocycles. The largest absolute Gasteiger partial charge is 0.294 e. The second kappa shape index (κ2) is 7.69. The zero-order chi connectivity index (χ0) is 20.7. The summed E-state index contributed by atoms with van der Waals surface area (Å²) in [4.78, 5) is 21.8. The van der Waals surface area contributed by atoms with Crippen LogP contribution in [0.4, 0.5) is 0 Å². The third kappa shape index (κ3) is 3.52. The highest BCUT2D eigenvalue weighted by atomic mass is 32.2. The van der Waals surface area contributed by atoms with E-state index in [1.165, 1.54) is 22.3 Å². The van der Waals surface area contributed by atoms with E-state index >= 15 is 0 Å². The molecule has 5 nitrogen and oxygen atoms in total. The summed E-state index contributed by atoms with van der Waals surface area (Å²) in [6.07, 6.45) is 2.93. The Morgan fingerprint density at radius 2 is 1.87 bits per heavy atom. The number of aromatic nitrogens is 4. The van der Waals surface area contributed by atoms with Crippen molar-refractivity contribution in [1.29, 1.82) is 0 Å². The first-order valence-electron chi connectivity index (χ1n) is 10.1. The smallest absolute Gasteiger partial charge is 0.253 e. The molecule has 0 N–H and O–H groups in total. The van der Waals surface area contributed by atoms with Crippen molar-refractivity contribution in [2.75, 3.05) is 0 Å². The molecule has 0 radical (unpaired) electrons. The lowest BCUT2D eigenvalue weighted by Gasteiger charge is -2.23. The first-order chi connectivity index (χ1) is 14.6. The number of carbonyl (C=O) groups excluding carboxylic acids is 1. The van der Waals surface area contributed by atoms with Crippen LogP contribution in [0.25, 0.3) is 5.78 Å². The highest BCUT2D eigenvalue weighted by molar-refractivity contribution is 7.98. The summed E-state index contributed by atoms with van der Waals surface area (Å²) in [6, 6.07) is 16.8. The van der Waals surface area contributed by atoms with Gasteiger partial charge in [0.1, 0.15) is 0 Å². The molecule has 0 aliphatic heterocycles. The molecule has 0 bridgehead atoms. The molecule has 0 saturated heterocycles. The van der Waals surface area contributed by atoms with Gasteiger partial charge in [-0.15, -0.1) is 5.10 Å². The number of Topliss-reactive ketones (excluding diaryl/α,β-unsaturated/α-hetero) is 1. The van der Waals surface area contributed by atoms with Gasteiger partial charge in [-0.1, -0.05) is 65.9 Å². The second-order valence-electron chi connectivity index (χ2n) is 7.88. The first kappa shape index (κ1) is 19.0. The lowest BCUT2D eigenvalue weighted by molar-refractivity contribution is 0.0962. The summed E-state index contributed by atoms with van der Waals surface area (Å²) in [5, 5.41) is 5.39. The van der Waals surface area contributed by atoms with E-state index in [2.05, 4.69) is 66.3 Å². The van der Waals surface area contributed by atoms with E-state index in [1.807, 2.05) is 6.07 Å². The maximum atomic E-state index is 12.8. The second-order valence-corrected chi connectivity index (χ2v) is 8.82. The molecule has 1 atom stereocenters. The third-order valence-electron chi connectivity index (χ3n) is 5.79. The quantitative estimate of drug-likeness (QED) is 0.442. The number of hydrogen-bond acceptors (Lipinski definition) is 5. The number of benzene rings is 2. The van der Waals surface area contributed by atoms with Gasteiger partial charge < -0.3 is 0 Å². The normalized spacial score (nSPS) is 16.1. The average Bonchev–Trinajstić information content (AvgIpc) is 3.17. The number of nitrogens with zero attached hydrogens (tertiary/aromatic N) is 4. The standard InChI is InChI=1S/C24H22N4OS/c1-15-7-9-17(10-8-15)19-11-21-20(22(29)12-19)13-25-23-26-24(27-28(21)23)30-14-18-6-4-3-5-16(18)2/h3-10,13,19H,11-12,14H2,1-2H3. The van der Waals surface area contributed by atoms with Gasteiger partial charge in [0.2, 0.25) is 5.16 Å². The zero-order valence-corrected chi connectivity index (χ0v) is 17.8. The fourth-order valence-electron chi connectivity index (χ4n) is 3.98. The van der Waals surface area contributed by atoms with Crippen molar-refractivity contribution in [1.82, 2.24) is 19.6 Å². The van der Waals surface area contributed by atoms with Gasteiger partial charge in [0.25, 0.3) is 5.78 Å². The molecule has 1 unspecified atom stereocenters. The van der Waals surface area contributed by atoms with Crippen LogP contribution >= 0.6 is 11.8 Å². The summed E-state index contributed by atoms with van der Waals surface area (Å²) < 4.78 is 1.77. The highest BCUT2D eigenvalue weighted by Crippen LogP contribution is 2.33. The number of thioether (sulfide) groups is 1. The monoisotopic (exact) mass is 414 g/mol. The number of hydrogen-bond donors (Lipinski definition) is 0. The van der Waals surface area contributed by atoms with Gasteiger partial charge in [-0.25, -0.2) is 4.98 Å². The number of fused-ring (bicyclic) bond motifs is 3. The van der Waals surface area contributed by atoms with E-state index in [-0.39, 0.29) is 11.7 Å². The molecule has 2 aromatic carbocycles. The van der Waals surface area contributed by atoms with Crippen LogP contribution in [-0.2, 0) is 12.2 Å². The summed E-state index contributed by atoms with van der Waals surface area (Å²) in [6.45, 7) is 4.19. The predicted octanol–water partition coefficient (Wildman–Crippen LogP) is 4.95. The van der Waals surface area contributed by atoms with Gasteiger partial charge in [-0.05, 0) is 42.9 Å². The van der Waals surface area contributed by atoms with Crippen molar-refractivity contribution in [3.8, 4) is 0 Å².